The maximum Gasteiger partial charge on any atom is 0.387 e. The molecule has 0 heterocycles. The lowest BCUT2D eigenvalue weighted by atomic mass is 10.2. The molecule has 0 bridgehead atoms. The quantitative estimate of drug-likeness (QED) is 0.450. The third kappa shape index (κ3) is 4.00. The van der Waals surface area contributed by atoms with Gasteiger partial charge in [0.05, 0.1) is 14.2 Å². The number of ether oxygens (including phenoxy) is 1. The highest BCUT2D eigenvalue weighted by Gasteiger charge is 2.13. The Labute approximate surface area is 132 Å². The van der Waals surface area contributed by atoms with Gasteiger partial charge in [-0.15, -0.1) is 0 Å². The average Bonchev–Trinajstić information content (AvgIpc) is 2.40. The van der Waals surface area contributed by atoms with Gasteiger partial charge in [-0.3, -0.25) is 10.1 Å². The first-order valence-electron chi connectivity index (χ1n) is 5.72. The van der Waals surface area contributed by atoms with Crippen LogP contribution in [0.15, 0.2) is 42.5 Å². The summed E-state index contributed by atoms with van der Waals surface area (Å²) in [5.74, 6) is 0.000797. The van der Waals surface area contributed by atoms with Gasteiger partial charge >= 0.3 is 6.61 Å². The second kappa shape index (κ2) is 6.66. The predicted octanol–water partition coefficient (Wildman–Crippen LogP) is 4.54. The van der Waals surface area contributed by atoms with Crippen LogP contribution in [0.1, 0.15) is 0 Å². The minimum atomic E-state index is -2.93. The highest BCUT2D eigenvalue weighted by atomic mass is 127. The molecule has 21 heavy (non-hydrogen) atoms. The number of alkyl halides is 2. The number of hydrogen-bond acceptors (Lipinski definition) is 4. The summed E-state index contributed by atoms with van der Waals surface area (Å²) in [5, 5.41) is 13.6. The van der Waals surface area contributed by atoms with Crippen molar-refractivity contribution in [1.29, 1.82) is 0 Å². The minimum Gasteiger partial charge on any atom is -0.433 e. The standard InChI is InChI=1S/C13H9F2IN2O3/c14-13(15)21-12-4-2-1-3-10(12)17-8-5-6-11(18(19)20)9(16)7-8/h1-7,13,17H. The van der Waals surface area contributed by atoms with Crippen molar-refractivity contribution in [3.63, 3.8) is 0 Å². The molecule has 2 rings (SSSR count). The van der Waals surface area contributed by atoms with E-state index in [1.54, 1.807) is 24.3 Å². The summed E-state index contributed by atoms with van der Waals surface area (Å²) in [6.45, 7) is -2.93. The molecule has 2 aromatic rings. The van der Waals surface area contributed by atoms with E-state index in [1.165, 1.54) is 18.2 Å². The monoisotopic (exact) mass is 406 g/mol. The van der Waals surface area contributed by atoms with Gasteiger partial charge in [0.15, 0.2) is 0 Å². The molecule has 0 aromatic heterocycles. The number of nitrogens with zero attached hydrogens (tertiary/aromatic N) is 1. The zero-order valence-corrected chi connectivity index (χ0v) is 12.6. The lowest BCUT2D eigenvalue weighted by molar-refractivity contribution is -0.385. The fraction of sp³-hybridized carbons (Fsp3) is 0.0769. The van der Waals surface area contributed by atoms with Crippen LogP contribution in [0.5, 0.6) is 5.75 Å². The summed E-state index contributed by atoms with van der Waals surface area (Å²) in [6, 6.07) is 10.6. The Bertz CT molecular complexity index is 668. The molecule has 0 aliphatic rings. The van der Waals surface area contributed by atoms with E-state index in [9.17, 15) is 18.9 Å². The number of nitro groups is 1. The van der Waals surface area contributed by atoms with E-state index in [0.717, 1.165) is 0 Å². The van der Waals surface area contributed by atoms with Gasteiger partial charge in [-0.1, -0.05) is 12.1 Å². The molecule has 0 aliphatic heterocycles. The zero-order chi connectivity index (χ0) is 15.4. The van der Waals surface area contributed by atoms with Crippen LogP contribution < -0.4 is 10.1 Å². The summed E-state index contributed by atoms with van der Waals surface area (Å²) < 4.78 is 29.5. The normalized spacial score (nSPS) is 10.5. The highest BCUT2D eigenvalue weighted by Crippen LogP contribution is 2.31. The maximum atomic E-state index is 12.3. The van der Waals surface area contributed by atoms with Gasteiger partial charge in [0.2, 0.25) is 0 Å². The molecular formula is C13H9F2IN2O3. The van der Waals surface area contributed by atoms with Crippen LogP contribution >= 0.6 is 22.6 Å². The molecule has 0 spiro atoms. The lowest BCUT2D eigenvalue weighted by Gasteiger charge is -2.12. The van der Waals surface area contributed by atoms with Crippen LogP contribution in [0.4, 0.5) is 25.8 Å². The van der Waals surface area contributed by atoms with Gasteiger partial charge in [0.25, 0.3) is 5.69 Å². The van der Waals surface area contributed by atoms with Gasteiger partial charge in [-0.2, -0.15) is 8.78 Å². The van der Waals surface area contributed by atoms with Crippen molar-refractivity contribution in [2.45, 2.75) is 6.61 Å². The lowest BCUT2D eigenvalue weighted by Crippen LogP contribution is -2.04. The number of hydrogen-bond donors (Lipinski definition) is 1. The second-order valence-electron chi connectivity index (χ2n) is 3.92. The topological polar surface area (TPSA) is 64.4 Å². The molecule has 5 nitrogen and oxygen atoms in total. The molecule has 0 atom stereocenters. The van der Waals surface area contributed by atoms with Crippen LogP contribution in [0.3, 0.4) is 0 Å². The Morgan fingerprint density at radius 3 is 2.57 bits per heavy atom. The van der Waals surface area contributed by atoms with Crippen LogP contribution in [0.25, 0.3) is 0 Å². The van der Waals surface area contributed by atoms with Gasteiger partial charge in [0.1, 0.15) is 5.75 Å². The molecule has 0 saturated heterocycles. The van der Waals surface area contributed by atoms with E-state index < -0.39 is 11.5 Å². The summed E-state index contributed by atoms with van der Waals surface area (Å²) in [4.78, 5) is 10.3. The zero-order valence-electron chi connectivity index (χ0n) is 10.4. The van der Waals surface area contributed by atoms with Gasteiger partial charge in [-0.05, 0) is 46.9 Å². The van der Waals surface area contributed by atoms with Gasteiger partial charge < -0.3 is 10.1 Å². The Morgan fingerprint density at radius 1 is 1.24 bits per heavy atom. The van der Waals surface area contributed by atoms with E-state index in [2.05, 4.69) is 10.1 Å². The third-order valence-corrected chi connectivity index (χ3v) is 3.39. The SMILES string of the molecule is O=[N+]([O-])c1ccc(Nc2ccccc2OC(F)F)cc1I. The Morgan fingerprint density at radius 2 is 1.95 bits per heavy atom. The molecule has 0 amide bonds. The smallest absolute Gasteiger partial charge is 0.387 e. The van der Waals surface area contributed by atoms with Crippen molar-refractivity contribution >= 4 is 39.7 Å². The number of halogens is 3. The second-order valence-corrected chi connectivity index (χ2v) is 5.09. The number of benzene rings is 2. The first kappa shape index (κ1) is 15.4. The molecule has 2 aromatic carbocycles. The number of para-hydroxylation sites is 2. The van der Waals surface area contributed by atoms with Crippen molar-refractivity contribution in [3.8, 4) is 5.75 Å². The van der Waals surface area contributed by atoms with Crippen LogP contribution in [0.2, 0.25) is 0 Å². The van der Waals surface area contributed by atoms with Gasteiger partial charge in [0, 0.05) is 11.8 Å². The van der Waals surface area contributed by atoms with E-state index in [1.807, 2.05) is 22.6 Å². The number of anilines is 2. The minimum absolute atomic E-state index is 0.000797. The van der Waals surface area contributed by atoms with E-state index in [4.69, 9.17) is 0 Å². The molecule has 110 valence electrons. The van der Waals surface area contributed by atoms with Crippen LogP contribution in [-0.4, -0.2) is 11.5 Å². The molecule has 0 radical (unpaired) electrons. The molecule has 0 aliphatic carbocycles. The molecule has 0 saturated carbocycles. The van der Waals surface area contributed by atoms with E-state index >= 15 is 0 Å². The fourth-order valence-corrected chi connectivity index (χ4v) is 2.37. The fourth-order valence-electron chi connectivity index (χ4n) is 1.66. The van der Waals surface area contributed by atoms with Crippen molar-refractivity contribution in [1.82, 2.24) is 0 Å². The predicted molar refractivity (Wildman–Crippen MR) is 82.2 cm³/mol. The Kier molecular flexibility index (Phi) is 4.89. The largest absolute Gasteiger partial charge is 0.433 e. The highest BCUT2D eigenvalue weighted by molar-refractivity contribution is 14.1. The first-order chi connectivity index (χ1) is 9.97. The average molecular weight is 406 g/mol. The molecular weight excluding hydrogens is 397 g/mol. The molecule has 0 fully saturated rings. The number of rotatable bonds is 5. The Hall–Kier alpha value is -1.97. The summed E-state index contributed by atoms with van der Waals surface area (Å²) in [5.41, 5.74) is 0.871. The van der Waals surface area contributed by atoms with Crippen LogP contribution in [0, 0.1) is 13.7 Å². The summed E-state index contributed by atoms with van der Waals surface area (Å²) in [7, 11) is 0. The molecule has 1 N–H and O–H groups in total. The summed E-state index contributed by atoms with van der Waals surface area (Å²) >= 11 is 1.84. The Balaban J connectivity index is 2.26. The molecule has 0 unspecified atom stereocenters. The van der Waals surface area contributed by atoms with Crippen LogP contribution in [-0.2, 0) is 0 Å². The molecule has 8 heteroatoms. The van der Waals surface area contributed by atoms with Crippen molar-refractivity contribution in [2.75, 3.05) is 5.32 Å². The first-order valence-corrected chi connectivity index (χ1v) is 6.80. The maximum absolute atomic E-state index is 12.3. The third-order valence-electron chi connectivity index (χ3n) is 2.53. The number of nitrogens with one attached hydrogen (secondary N) is 1. The summed E-state index contributed by atoms with van der Waals surface area (Å²) in [6.07, 6.45) is 0. The van der Waals surface area contributed by atoms with E-state index in [-0.39, 0.29) is 11.4 Å². The number of nitro benzene ring substituents is 1. The van der Waals surface area contributed by atoms with Gasteiger partial charge in [-0.25, -0.2) is 0 Å². The van der Waals surface area contributed by atoms with Crippen molar-refractivity contribution < 1.29 is 18.4 Å². The van der Waals surface area contributed by atoms with Crippen molar-refractivity contribution in [3.05, 3.63) is 56.1 Å². The van der Waals surface area contributed by atoms with Crippen molar-refractivity contribution in [2.24, 2.45) is 0 Å². The van der Waals surface area contributed by atoms with E-state index in [0.29, 0.717) is 14.9 Å².